The van der Waals surface area contributed by atoms with Crippen molar-refractivity contribution in [3.05, 3.63) is 58.5 Å². The first kappa shape index (κ1) is 21.4. The molecule has 0 saturated carbocycles. The Kier molecular flexibility index (Phi) is 6.79. The number of nitrogens with zero attached hydrogens (tertiary/aromatic N) is 2. The fraction of sp³-hybridized carbons (Fsp3) is 0.227. The number of carboxylic acid groups (broad SMARTS) is 1. The van der Waals surface area contributed by atoms with Gasteiger partial charge in [-0.15, -0.1) is 0 Å². The summed E-state index contributed by atoms with van der Waals surface area (Å²) >= 11 is 1.25. The summed E-state index contributed by atoms with van der Waals surface area (Å²) in [6, 6.07) is 11.7. The molecule has 3 rings (SSSR count). The number of carbonyl (C=O) groups excluding carboxylic acids is 1. The molecule has 1 N–H and O–H groups in total. The number of amidine groups is 1. The van der Waals surface area contributed by atoms with Crippen molar-refractivity contribution >= 4 is 40.6 Å². The highest BCUT2D eigenvalue weighted by Gasteiger charge is 2.30. The number of benzene rings is 2. The van der Waals surface area contributed by atoms with Gasteiger partial charge in [0.05, 0.1) is 29.4 Å². The lowest BCUT2D eigenvalue weighted by Crippen LogP contribution is -2.23. The zero-order chi connectivity index (χ0) is 21.7. The lowest BCUT2D eigenvalue weighted by atomic mass is 10.1. The second-order valence-electron chi connectivity index (χ2n) is 6.29. The van der Waals surface area contributed by atoms with Gasteiger partial charge in [-0.2, -0.15) is 0 Å². The number of hydrogen-bond acceptors (Lipinski definition) is 6. The van der Waals surface area contributed by atoms with Gasteiger partial charge in [0, 0.05) is 18.7 Å². The molecule has 0 bridgehead atoms. The highest BCUT2D eigenvalue weighted by atomic mass is 32.2. The van der Waals surface area contributed by atoms with Crippen LogP contribution in [0.1, 0.15) is 29.8 Å². The Morgan fingerprint density at radius 2 is 1.83 bits per heavy atom. The van der Waals surface area contributed by atoms with Gasteiger partial charge >= 0.3 is 5.97 Å². The maximum atomic E-state index is 12.7. The van der Waals surface area contributed by atoms with Crippen molar-refractivity contribution in [1.82, 2.24) is 4.90 Å². The molecule has 1 aliphatic rings. The van der Waals surface area contributed by atoms with Gasteiger partial charge in [0.15, 0.2) is 5.17 Å². The Hall–Kier alpha value is -3.26. The number of ether oxygens (including phenoxy) is 2. The summed E-state index contributed by atoms with van der Waals surface area (Å²) in [5.74, 6) is 0.180. The number of rotatable bonds is 7. The molecule has 1 aliphatic heterocycles. The van der Waals surface area contributed by atoms with Crippen LogP contribution in [0.5, 0.6) is 11.5 Å². The fourth-order valence-electron chi connectivity index (χ4n) is 2.75. The summed E-state index contributed by atoms with van der Waals surface area (Å²) in [5, 5.41) is 9.51. The molecule has 2 aromatic rings. The predicted molar refractivity (Wildman–Crippen MR) is 118 cm³/mol. The second kappa shape index (κ2) is 9.49. The minimum absolute atomic E-state index is 0.169. The minimum atomic E-state index is -0.998. The van der Waals surface area contributed by atoms with E-state index < -0.39 is 5.97 Å². The quantitative estimate of drug-likeness (QED) is 0.660. The van der Waals surface area contributed by atoms with Crippen LogP contribution >= 0.6 is 11.8 Å². The van der Waals surface area contributed by atoms with Crippen LogP contribution in [0, 0.1) is 0 Å². The van der Waals surface area contributed by atoms with Gasteiger partial charge in [-0.05, 0) is 68.1 Å². The highest BCUT2D eigenvalue weighted by Crippen LogP contribution is 2.35. The highest BCUT2D eigenvalue weighted by molar-refractivity contribution is 8.18. The average Bonchev–Trinajstić information content (AvgIpc) is 2.98. The van der Waals surface area contributed by atoms with E-state index in [1.54, 1.807) is 25.3 Å². The molecule has 0 unspecified atom stereocenters. The number of carboxylic acids is 1. The van der Waals surface area contributed by atoms with E-state index >= 15 is 0 Å². The largest absolute Gasteiger partial charge is 0.494 e. The van der Waals surface area contributed by atoms with Gasteiger partial charge in [-0.25, -0.2) is 9.79 Å². The van der Waals surface area contributed by atoms with Crippen LogP contribution in [-0.4, -0.2) is 47.3 Å². The number of aromatic carboxylic acids is 1. The average molecular weight is 426 g/mol. The van der Waals surface area contributed by atoms with Crippen LogP contribution in [0.3, 0.4) is 0 Å². The third-order valence-corrected chi connectivity index (χ3v) is 5.29. The van der Waals surface area contributed by atoms with Crippen molar-refractivity contribution in [2.45, 2.75) is 13.8 Å². The molecular weight excluding hydrogens is 404 g/mol. The normalized spacial score (nSPS) is 16.4. The second-order valence-corrected chi connectivity index (χ2v) is 7.30. The number of amides is 1. The number of hydrogen-bond donors (Lipinski definition) is 1. The maximum Gasteiger partial charge on any atom is 0.335 e. The van der Waals surface area contributed by atoms with Crippen LogP contribution < -0.4 is 9.47 Å². The molecule has 8 heteroatoms. The Labute approximate surface area is 179 Å². The van der Waals surface area contributed by atoms with Gasteiger partial charge < -0.3 is 14.6 Å². The van der Waals surface area contributed by atoms with Crippen molar-refractivity contribution in [3.63, 3.8) is 0 Å². The molecule has 0 radical (unpaired) electrons. The van der Waals surface area contributed by atoms with E-state index in [1.807, 2.05) is 32.0 Å². The third-order valence-electron chi connectivity index (χ3n) is 4.23. The Bertz CT molecular complexity index is 1010. The van der Waals surface area contributed by atoms with Gasteiger partial charge in [0.2, 0.25) is 0 Å². The monoisotopic (exact) mass is 426 g/mol. The molecule has 0 spiro atoms. The molecule has 7 nitrogen and oxygen atoms in total. The Balaban J connectivity index is 1.88. The Morgan fingerprint density at radius 1 is 1.13 bits per heavy atom. The summed E-state index contributed by atoms with van der Waals surface area (Å²) in [7, 11) is 1.66. The number of likely N-dealkylation sites (N-methyl/N-ethyl adjacent to an activating group) is 1. The molecule has 1 saturated heterocycles. The SMILES string of the molecule is CCOc1ccc(/C=C2/SC(=Nc3ccc(C(=O)O)cc3)N(C)C2=O)c(OCC)c1. The maximum absolute atomic E-state index is 12.7. The van der Waals surface area contributed by atoms with Gasteiger partial charge in [-0.1, -0.05) is 0 Å². The summed E-state index contributed by atoms with van der Waals surface area (Å²) in [6.45, 7) is 4.86. The fourth-order valence-corrected chi connectivity index (χ4v) is 3.73. The van der Waals surface area contributed by atoms with Gasteiger partial charge in [0.1, 0.15) is 11.5 Å². The molecule has 1 amide bonds. The Morgan fingerprint density at radius 3 is 2.47 bits per heavy atom. The lowest BCUT2D eigenvalue weighted by molar-refractivity contribution is -0.121. The topological polar surface area (TPSA) is 88.4 Å². The molecule has 2 aromatic carbocycles. The van der Waals surface area contributed by atoms with Crippen molar-refractivity contribution in [2.24, 2.45) is 4.99 Å². The number of thioether (sulfide) groups is 1. The van der Waals surface area contributed by atoms with Gasteiger partial charge in [0.25, 0.3) is 5.91 Å². The first-order valence-corrected chi connectivity index (χ1v) is 10.2. The molecule has 30 heavy (non-hydrogen) atoms. The smallest absolute Gasteiger partial charge is 0.335 e. The van der Waals surface area contributed by atoms with Crippen molar-refractivity contribution in [3.8, 4) is 11.5 Å². The summed E-state index contributed by atoms with van der Waals surface area (Å²) in [5.41, 5.74) is 1.53. The third kappa shape index (κ3) is 4.83. The first-order valence-electron chi connectivity index (χ1n) is 9.42. The van der Waals surface area contributed by atoms with Crippen molar-refractivity contribution in [1.29, 1.82) is 0 Å². The summed E-state index contributed by atoms with van der Waals surface area (Å²) in [6.07, 6.45) is 1.78. The molecule has 156 valence electrons. The lowest BCUT2D eigenvalue weighted by Gasteiger charge is -2.10. The number of carbonyl (C=O) groups is 2. The van der Waals surface area contributed by atoms with E-state index in [1.165, 1.54) is 28.8 Å². The zero-order valence-electron chi connectivity index (χ0n) is 16.9. The number of aliphatic imine (C=N–C) groups is 1. The van der Waals surface area contributed by atoms with Crippen LogP contribution in [0.2, 0.25) is 0 Å². The molecule has 0 aromatic heterocycles. The summed E-state index contributed by atoms with van der Waals surface area (Å²) in [4.78, 5) is 30.2. The van der Waals surface area contributed by atoms with Crippen LogP contribution in [0.4, 0.5) is 5.69 Å². The molecule has 1 fully saturated rings. The van der Waals surface area contributed by atoms with E-state index in [9.17, 15) is 9.59 Å². The standard InChI is InChI=1S/C22H22N2O5S/c1-4-28-17-11-8-15(18(13-17)29-5-2)12-19-20(25)24(3)22(30-19)23-16-9-6-14(7-10-16)21(26)27/h6-13H,4-5H2,1-3H3,(H,26,27)/b19-12+,23-22?. The molecule has 0 aliphatic carbocycles. The zero-order valence-corrected chi connectivity index (χ0v) is 17.7. The van der Waals surface area contributed by atoms with Crippen LogP contribution in [0.15, 0.2) is 52.4 Å². The van der Waals surface area contributed by atoms with Crippen LogP contribution in [-0.2, 0) is 4.79 Å². The van der Waals surface area contributed by atoms with Crippen molar-refractivity contribution in [2.75, 3.05) is 20.3 Å². The molecular formula is C22H22N2O5S. The summed E-state index contributed by atoms with van der Waals surface area (Å²) < 4.78 is 11.2. The van der Waals surface area contributed by atoms with E-state index in [2.05, 4.69) is 4.99 Å². The van der Waals surface area contributed by atoms with E-state index in [4.69, 9.17) is 14.6 Å². The molecule has 0 atom stereocenters. The van der Waals surface area contributed by atoms with E-state index in [0.717, 1.165) is 5.56 Å². The molecule has 1 heterocycles. The minimum Gasteiger partial charge on any atom is -0.494 e. The van der Waals surface area contributed by atoms with Gasteiger partial charge in [-0.3, -0.25) is 9.69 Å². The van der Waals surface area contributed by atoms with Crippen LogP contribution in [0.25, 0.3) is 6.08 Å². The predicted octanol–water partition coefficient (Wildman–Crippen LogP) is 4.42. The first-order chi connectivity index (χ1) is 14.4. The van der Waals surface area contributed by atoms with Crippen molar-refractivity contribution < 1.29 is 24.2 Å². The van der Waals surface area contributed by atoms with E-state index in [-0.39, 0.29) is 11.5 Å². The van der Waals surface area contributed by atoms with E-state index in [0.29, 0.717) is 40.5 Å².